The lowest BCUT2D eigenvalue weighted by Gasteiger charge is -2.26. The van der Waals surface area contributed by atoms with Crippen LogP contribution in [-0.2, 0) is 18.1 Å². The normalized spacial score (nSPS) is 13.7. The molecule has 1 unspecified atom stereocenters. The highest BCUT2D eigenvalue weighted by Gasteiger charge is 2.41. The van der Waals surface area contributed by atoms with E-state index in [4.69, 9.17) is 18.4 Å². The molecule has 0 radical (unpaired) electrons. The summed E-state index contributed by atoms with van der Waals surface area (Å²) in [6, 6.07) is 0. The van der Waals surface area contributed by atoms with Crippen molar-refractivity contribution in [1.29, 1.82) is 0 Å². The Morgan fingerprint density at radius 1 is 1.57 bits per heavy atom. The van der Waals surface area contributed by atoms with Crippen LogP contribution in [0, 0.1) is 0 Å². The third-order valence-corrected chi connectivity index (χ3v) is 4.12. The van der Waals surface area contributed by atoms with Gasteiger partial charge in [0.25, 0.3) is 0 Å². The maximum Gasteiger partial charge on any atom is 0.527 e. The number of carbonyl (C=O) groups is 1. The molecule has 0 fully saturated rings. The van der Waals surface area contributed by atoms with E-state index in [0.717, 1.165) is 6.08 Å². The van der Waals surface area contributed by atoms with Crippen molar-refractivity contribution >= 4 is 14.6 Å². The zero-order chi connectivity index (χ0) is 11.2. The van der Waals surface area contributed by atoms with Gasteiger partial charge in [0.2, 0.25) is 0 Å². The molecule has 5 nitrogen and oxygen atoms in total. The Kier molecular flexibility index (Phi) is 5.82. The lowest BCUT2D eigenvalue weighted by Crippen LogP contribution is -2.51. The summed E-state index contributed by atoms with van der Waals surface area (Å²) in [4.78, 5) is 11.1. The van der Waals surface area contributed by atoms with Gasteiger partial charge in [-0.15, -0.1) is 0 Å². The number of hydrogen-bond donors (Lipinski definition) is 1. The Hall–Kier alpha value is -0.533. The first-order chi connectivity index (χ1) is 6.55. The van der Waals surface area contributed by atoms with Crippen LogP contribution in [0.2, 0.25) is 0 Å². The molecule has 14 heavy (non-hydrogen) atoms. The Balaban J connectivity index is 4.43. The van der Waals surface area contributed by atoms with Gasteiger partial charge in [0.15, 0.2) is 5.78 Å². The zero-order valence-corrected chi connectivity index (χ0v) is 9.65. The molecule has 82 valence electrons. The van der Waals surface area contributed by atoms with Crippen LogP contribution in [0.15, 0.2) is 12.7 Å². The third kappa shape index (κ3) is 3.32. The van der Waals surface area contributed by atoms with Crippen molar-refractivity contribution in [2.24, 2.45) is 0 Å². The summed E-state index contributed by atoms with van der Waals surface area (Å²) in [6.07, 6.45) is 0.0765. The highest BCUT2D eigenvalue weighted by atomic mass is 28.4. The number of rotatable bonds is 7. The fraction of sp³-hybridized carbons (Fsp3) is 0.625. The Morgan fingerprint density at radius 2 is 2.07 bits per heavy atom. The van der Waals surface area contributed by atoms with Crippen LogP contribution < -0.4 is 0 Å². The van der Waals surface area contributed by atoms with Crippen LogP contribution in [0.4, 0.5) is 0 Å². The van der Waals surface area contributed by atoms with Crippen molar-refractivity contribution in [3.05, 3.63) is 12.7 Å². The molecule has 0 aromatic carbocycles. The van der Waals surface area contributed by atoms with Crippen LogP contribution in [0.5, 0.6) is 0 Å². The standard InChI is InChI=1S/C8H16O5Si/c1-5-8(10)7(2)13-14(6-9,11-3)12-4/h5,7,9H,1,6H2,2-4H3. The summed E-state index contributed by atoms with van der Waals surface area (Å²) in [6.45, 7) is 4.89. The van der Waals surface area contributed by atoms with Gasteiger partial charge in [-0.05, 0) is 13.0 Å². The lowest BCUT2D eigenvalue weighted by molar-refractivity contribution is -0.122. The Morgan fingerprint density at radius 3 is 2.36 bits per heavy atom. The summed E-state index contributed by atoms with van der Waals surface area (Å²) >= 11 is 0. The summed E-state index contributed by atoms with van der Waals surface area (Å²) in [5.74, 6) is -0.274. The van der Waals surface area contributed by atoms with E-state index in [1.807, 2.05) is 0 Å². The van der Waals surface area contributed by atoms with Gasteiger partial charge in [-0.2, -0.15) is 0 Å². The molecule has 0 heterocycles. The topological polar surface area (TPSA) is 65.0 Å². The van der Waals surface area contributed by atoms with Crippen LogP contribution in [0.25, 0.3) is 0 Å². The Bertz CT molecular complexity index is 194. The minimum absolute atomic E-state index is 0.274. The lowest BCUT2D eigenvalue weighted by atomic mass is 10.3. The first kappa shape index (κ1) is 13.5. The number of aliphatic hydroxyl groups excluding tert-OH is 1. The molecule has 0 saturated carbocycles. The van der Waals surface area contributed by atoms with E-state index in [-0.39, 0.29) is 12.0 Å². The quantitative estimate of drug-likeness (QED) is 0.480. The van der Waals surface area contributed by atoms with Gasteiger partial charge in [0.05, 0.1) is 0 Å². The summed E-state index contributed by atoms with van der Waals surface area (Å²) in [5.41, 5.74) is 0. The predicted molar refractivity (Wildman–Crippen MR) is 52.6 cm³/mol. The second-order valence-corrected chi connectivity index (χ2v) is 5.35. The molecule has 1 atom stereocenters. The van der Waals surface area contributed by atoms with Crippen molar-refractivity contribution in [2.45, 2.75) is 13.0 Å². The maximum absolute atomic E-state index is 11.1. The van der Waals surface area contributed by atoms with Crippen LogP contribution in [-0.4, -0.2) is 46.2 Å². The van der Waals surface area contributed by atoms with Gasteiger partial charge >= 0.3 is 8.80 Å². The largest absolute Gasteiger partial charge is 0.527 e. The summed E-state index contributed by atoms with van der Waals surface area (Å²) < 4.78 is 15.2. The van der Waals surface area contributed by atoms with E-state index in [1.165, 1.54) is 14.2 Å². The molecular formula is C8H16O5Si. The maximum atomic E-state index is 11.1. The molecular weight excluding hydrogens is 204 g/mol. The minimum atomic E-state index is -3.07. The summed E-state index contributed by atoms with van der Waals surface area (Å²) in [7, 11) is -0.328. The van der Waals surface area contributed by atoms with Crippen molar-refractivity contribution in [3.63, 3.8) is 0 Å². The van der Waals surface area contributed by atoms with Crippen molar-refractivity contribution in [1.82, 2.24) is 0 Å². The third-order valence-electron chi connectivity index (χ3n) is 1.77. The van der Waals surface area contributed by atoms with Gasteiger partial charge in [-0.1, -0.05) is 6.58 Å². The van der Waals surface area contributed by atoms with Gasteiger partial charge in [-0.25, -0.2) is 0 Å². The highest BCUT2D eigenvalue weighted by molar-refractivity contribution is 6.60. The molecule has 0 spiro atoms. The zero-order valence-electron chi connectivity index (χ0n) is 8.65. The van der Waals surface area contributed by atoms with Crippen molar-refractivity contribution in [2.75, 3.05) is 20.4 Å². The highest BCUT2D eigenvalue weighted by Crippen LogP contribution is 2.10. The Labute approximate surface area is 84.7 Å². The number of ketones is 1. The van der Waals surface area contributed by atoms with E-state index in [1.54, 1.807) is 6.92 Å². The van der Waals surface area contributed by atoms with Crippen LogP contribution in [0.3, 0.4) is 0 Å². The smallest absolute Gasteiger partial charge is 0.392 e. The number of carbonyl (C=O) groups excluding carboxylic acids is 1. The molecule has 0 rings (SSSR count). The van der Waals surface area contributed by atoms with E-state index in [2.05, 4.69) is 6.58 Å². The minimum Gasteiger partial charge on any atom is -0.392 e. The van der Waals surface area contributed by atoms with Crippen molar-refractivity contribution < 1.29 is 23.2 Å². The summed E-state index contributed by atoms with van der Waals surface area (Å²) in [5, 5.41) is 9.03. The second-order valence-electron chi connectivity index (χ2n) is 2.62. The van der Waals surface area contributed by atoms with Crippen LogP contribution >= 0.6 is 0 Å². The van der Waals surface area contributed by atoms with Gasteiger partial charge in [-0.3, -0.25) is 4.79 Å². The average molecular weight is 220 g/mol. The van der Waals surface area contributed by atoms with Gasteiger partial charge in [0.1, 0.15) is 12.3 Å². The molecule has 0 aromatic rings. The molecule has 0 saturated heterocycles. The fourth-order valence-corrected chi connectivity index (χ4v) is 2.19. The molecule has 0 aromatic heterocycles. The molecule has 6 heteroatoms. The van der Waals surface area contributed by atoms with E-state index in [0.29, 0.717) is 0 Å². The molecule has 0 bridgehead atoms. The van der Waals surface area contributed by atoms with E-state index >= 15 is 0 Å². The van der Waals surface area contributed by atoms with Gasteiger partial charge in [0, 0.05) is 14.2 Å². The van der Waals surface area contributed by atoms with E-state index in [9.17, 15) is 4.79 Å². The number of hydrogen-bond acceptors (Lipinski definition) is 5. The van der Waals surface area contributed by atoms with Crippen molar-refractivity contribution in [3.8, 4) is 0 Å². The van der Waals surface area contributed by atoms with Gasteiger partial charge < -0.3 is 18.4 Å². The van der Waals surface area contributed by atoms with Crippen LogP contribution in [0.1, 0.15) is 6.92 Å². The first-order valence-corrected chi connectivity index (χ1v) is 6.03. The first-order valence-electron chi connectivity index (χ1n) is 4.10. The predicted octanol–water partition coefficient (Wildman–Crippen LogP) is -0.0902. The SMILES string of the molecule is C=CC(=O)C(C)O[Si](CO)(OC)OC. The molecule has 0 aliphatic rings. The fourth-order valence-electron chi connectivity index (χ4n) is 0.839. The number of aliphatic hydroxyl groups is 1. The monoisotopic (exact) mass is 220 g/mol. The molecule has 0 aliphatic heterocycles. The van der Waals surface area contributed by atoms with E-state index < -0.39 is 14.9 Å². The second kappa shape index (κ2) is 6.05. The molecule has 0 aliphatic carbocycles. The average Bonchev–Trinajstić information content (AvgIpc) is 2.24. The molecule has 0 amide bonds. The molecule has 1 N–H and O–H groups in total.